The van der Waals surface area contributed by atoms with Gasteiger partial charge in [0.15, 0.2) is 4.80 Å². The fourth-order valence-electron chi connectivity index (χ4n) is 4.93. The number of fused-ring (bicyclic) bond motifs is 1. The zero-order valence-electron chi connectivity index (χ0n) is 25.1. The lowest BCUT2D eigenvalue weighted by Crippen LogP contribution is -2.40. The molecule has 0 fully saturated rings. The first-order valence-corrected chi connectivity index (χ1v) is 15.9. The summed E-state index contributed by atoms with van der Waals surface area (Å²) in [6.45, 7) is 7.76. The number of halogens is 1. The molecule has 11 heteroatoms. The van der Waals surface area contributed by atoms with Crippen LogP contribution in [-0.2, 0) is 16.1 Å². The molecule has 1 N–H and O–H groups in total. The van der Waals surface area contributed by atoms with Gasteiger partial charge in [-0.25, -0.2) is 14.6 Å². The number of thiazole rings is 1. The number of carbonyl (C=O) groups is 2. The Balaban J connectivity index is 1.51. The Morgan fingerprint density at radius 3 is 2.49 bits per heavy atom. The van der Waals surface area contributed by atoms with Crippen molar-refractivity contribution in [1.29, 1.82) is 0 Å². The van der Waals surface area contributed by atoms with E-state index in [9.17, 15) is 14.4 Å². The predicted molar refractivity (Wildman–Crippen MR) is 174 cm³/mol. The van der Waals surface area contributed by atoms with Crippen LogP contribution in [0.4, 0.5) is 0 Å². The highest BCUT2D eigenvalue weighted by Gasteiger charge is 2.35. The summed E-state index contributed by atoms with van der Waals surface area (Å²) in [7, 11) is 0. The molecule has 1 aliphatic heterocycles. The molecular weight excluding hydrogens is 660 g/mol. The number of rotatable bonds is 10. The van der Waals surface area contributed by atoms with Crippen LogP contribution < -0.4 is 24.4 Å². The monoisotopic (exact) mass is 690 g/mol. The summed E-state index contributed by atoms with van der Waals surface area (Å²) in [5.74, 6) is -0.355. The number of carbonyl (C=O) groups excluding carboxylic acids is 1. The van der Waals surface area contributed by atoms with Crippen molar-refractivity contribution in [2.24, 2.45) is 4.99 Å². The molecule has 5 rings (SSSR count). The summed E-state index contributed by atoms with van der Waals surface area (Å²) in [6.07, 6.45) is 1.65. The van der Waals surface area contributed by atoms with Gasteiger partial charge in [0.1, 0.15) is 24.1 Å². The van der Waals surface area contributed by atoms with E-state index in [1.54, 1.807) is 42.7 Å². The Labute approximate surface area is 271 Å². The van der Waals surface area contributed by atoms with Crippen molar-refractivity contribution in [2.75, 3.05) is 6.61 Å². The minimum Gasteiger partial charge on any atom is -0.491 e. The quantitative estimate of drug-likeness (QED) is 0.215. The second-order valence-corrected chi connectivity index (χ2v) is 12.4. The molecule has 0 amide bonds. The Morgan fingerprint density at radius 1 is 1.09 bits per heavy atom. The van der Waals surface area contributed by atoms with Crippen LogP contribution in [-0.4, -0.2) is 34.3 Å². The highest BCUT2D eigenvalue weighted by Crippen LogP contribution is 2.36. The number of hydrogen-bond donors (Lipinski definition) is 1. The summed E-state index contributed by atoms with van der Waals surface area (Å²) in [5, 5.41) is 9.09. The molecule has 0 spiro atoms. The fraction of sp³-hybridized carbons (Fsp3) is 0.235. The van der Waals surface area contributed by atoms with Crippen LogP contribution in [0.5, 0.6) is 11.5 Å². The number of hydrogen-bond acceptors (Lipinski definition) is 8. The molecule has 0 aliphatic carbocycles. The van der Waals surface area contributed by atoms with Crippen molar-refractivity contribution < 1.29 is 28.9 Å². The van der Waals surface area contributed by atoms with Gasteiger partial charge in [0.2, 0.25) is 0 Å². The van der Waals surface area contributed by atoms with Crippen LogP contribution in [0.25, 0.3) is 6.08 Å². The van der Waals surface area contributed by atoms with Gasteiger partial charge in [0.05, 0.1) is 38.5 Å². The SMILES string of the molecule is CCOC(=O)C1=C(C)N=c2s/c(=C/c3ccc(OCc4ccc(C(=O)O)cc4)c(Br)c3)c(=O)n2[C@@H]1c1ccccc1OC(C)C. The fourth-order valence-corrected chi connectivity index (χ4v) is 6.49. The summed E-state index contributed by atoms with van der Waals surface area (Å²) >= 11 is 4.80. The minimum atomic E-state index is -0.983. The van der Waals surface area contributed by atoms with Crippen molar-refractivity contribution >= 4 is 45.3 Å². The van der Waals surface area contributed by atoms with Gasteiger partial charge in [0, 0.05) is 5.56 Å². The Kier molecular flexibility index (Phi) is 9.69. The first kappa shape index (κ1) is 31.9. The van der Waals surface area contributed by atoms with Gasteiger partial charge in [-0.05, 0) is 91.2 Å². The van der Waals surface area contributed by atoms with Crippen LogP contribution in [0.1, 0.15) is 60.8 Å². The molecule has 0 saturated heterocycles. The molecule has 0 bridgehead atoms. The lowest BCUT2D eigenvalue weighted by molar-refractivity contribution is -0.139. The van der Waals surface area contributed by atoms with Gasteiger partial charge < -0.3 is 19.3 Å². The zero-order valence-corrected chi connectivity index (χ0v) is 27.5. The summed E-state index contributed by atoms with van der Waals surface area (Å²) < 4.78 is 20.1. The smallest absolute Gasteiger partial charge is 0.338 e. The first-order chi connectivity index (χ1) is 21.6. The first-order valence-electron chi connectivity index (χ1n) is 14.3. The number of para-hydroxylation sites is 1. The third-order valence-corrected chi connectivity index (χ3v) is 8.54. The summed E-state index contributed by atoms with van der Waals surface area (Å²) in [4.78, 5) is 43.5. The van der Waals surface area contributed by atoms with Crippen LogP contribution >= 0.6 is 27.3 Å². The molecule has 4 aromatic rings. The third-order valence-electron chi connectivity index (χ3n) is 6.94. The number of carboxylic acids is 1. The Bertz CT molecular complexity index is 1980. The average molecular weight is 692 g/mol. The lowest BCUT2D eigenvalue weighted by Gasteiger charge is -2.26. The van der Waals surface area contributed by atoms with E-state index in [-0.39, 0.29) is 36.0 Å². The molecule has 2 heterocycles. The third kappa shape index (κ3) is 6.94. The van der Waals surface area contributed by atoms with E-state index in [0.29, 0.717) is 36.6 Å². The van der Waals surface area contributed by atoms with Crippen molar-refractivity contribution in [3.05, 3.63) is 124 Å². The van der Waals surface area contributed by atoms with E-state index in [1.165, 1.54) is 23.5 Å². The van der Waals surface area contributed by atoms with E-state index in [1.807, 2.05) is 50.2 Å². The van der Waals surface area contributed by atoms with Gasteiger partial charge in [-0.2, -0.15) is 0 Å². The number of esters is 1. The number of nitrogens with zero attached hydrogens (tertiary/aromatic N) is 2. The summed E-state index contributed by atoms with van der Waals surface area (Å²) in [5.41, 5.74) is 2.93. The highest BCUT2D eigenvalue weighted by molar-refractivity contribution is 9.10. The van der Waals surface area contributed by atoms with Gasteiger partial charge >= 0.3 is 11.9 Å². The van der Waals surface area contributed by atoms with Gasteiger partial charge in [0.25, 0.3) is 5.56 Å². The van der Waals surface area contributed by atoms with Crippen molar-refractivity contribution in [3.8, 4) is 11.5 Å². The number of ether oxygens (including phenoxy) is 3. The predicted octanol–water partition coefficient (Wildman–Crippen LogP) is 5.63. The van der Waals surface area contributed by atoms with Crippen LogP contribution in [0, 0.1) is 0 Å². The molecule has 0 unspecified atom stereocenters. The molecule has 3 aromatic carbocycles. The minimum absolute atomic E-state index is 0.124. The van der Waals surface area contributed by atoms with E-state index in [0.717, 1.165) is 11.1 Å². The van der Waals surface area contributed by atoms with Crippen molar-refractivity contribution in [3.63, 3.8) is 0 Å². The standard InChI is InChI=1S/C34H31BrN2O7S/c1-5-42-33(41)29-20(4)36-34-37(30(29)24-8-6-7-9-26(24)44-19(2)3)31(38)28(45-34)17-22-12-15-27(25(35)16-22)43-18-21-10-13-23(14-11-21)32(39)40/h6-17,19,30H,5,18H2,1-4H3,(H,39,40)/b28-17+/t30-/m1/s1. The number of allylic oxidation sites excluding steroid dienone is 1. The molecule has 45 heavy (non-hydrogen) atoms. The van der Waals surface area contributed by atoms with E-state index in [2.05, 4.69) is 20.9 Å². The molecular formula is C34H31BrN2O7S. The van der Waals surface area contributed by atoms with Crippen LogP contribution in [0.15, 0.2) is 92.3 Å². The maximum atomic E-state index is 14.0. The average Bonchev–Trinajstić information content (AvgIpc) is 3.30. The Hall–Kier alpha value is -4.48. The van der Waals surface area contributed by atoms with Crippen LogP contribution in [0.2, 0.25) is 0 Å². The Morgan fingerprint density at radius 2 is 1.82 bits per heavy atom. The molecule has 9 nitrogen and oxygen atoms in total. The number of carboxylic acid groups (broad SMARTS) is 1. The molecule has 232 valence electrons. The second-order valence-electron chi connectivity index (χ2n) is 10.5. The highest BCUT2D eigenvalue weighted by atomic mass is 79.9. The van der Waals surface area contributed by atoms with E-state index < -0.39 is 18.0 Å². The number of benzene rings is 3. The summed E-state index contributed by atoms with van der Waals surface area (Å²) in [6, 6.07) is 18.6. The maximum Gasteiger partial charge on any atom is 0.338 e. The molecule has 0 saturated carbocycles. The van der Waals surface area contributed by atoms with Crippen molar-refractivity contribution in [2.45, 2.75) is 46.4 Å². The van der Waals surface area contributed by atoms with E-state index in [4.69, 9.17) is 19.3 Å². The molecule has 1 aliphatic rings. The largest absolute Gasteiger partial charge is 0.491 e. The second kappa shape index (κ2) is 13.7. The topological polar surface area (TPSA) is 116 Å². The van der Waals surface area contributed by atoms with E-state index >= 15 is 0 Å². The van der Waals surface area contributed by atoms with Gasteiger partial charge in [-0.1, -0.05) is 47.7 Å². The molecule has 1 aromatic heterocycles. The van der Waals surface area contributed by atoms with Gasteiger partial charge in [-0.3, -0.25) is 9.36 Å². The van der Waals surface area contributed by atoms with Gasteiger partial charge in [-0.15, -0.1) is 0 Å². The number of aromatic carboxylic acids is 1. The normalized spacial score (nSPS) is 14.6. The number of aromatic nitrogens is 1. The maximum absolute atomic E-state index is 14.0. The lowest BCUT2D eigenvalue weighted by atomic mass is 9.95. The zero-order chi connectivity index (χ0) is 32.2. The van der Waals surface area contributed by atoms with Crippen molar-refractivity contribution in [1.82, 2.24) is 4.57 Å². The molecule has 0 radical (unpaired) electrons. The molecule has 1 atom stereocenters. The van der Waals surface area contributed by atoms with Crippen LogP contribution in [0.3, 0.4) is 0 Å².